The normalized spacial score (nSPS) is 24.2. The van der Waals surface area contributed by atoms with Gasteiger partial charge < -0.3 is 10.4 Å². The Bertz CT molecular complexity index is 233. The summed E-state index contributed by atoms with van der Waals surface area (Å²) in [5, 5.41) is 12.7. The second-order valence-corrected chi connectivity index (χ2v) is 6.37. The fraction of sp³-hybridized carbons (Fsp3) is 1.00. The van der Waals surface area contributed by atoms with E-state index in [4.69, 9.17) is 0 Å². The van der Waals surface area contributed by atoms with Gasteiger partial charge >= 0.3 is 0 Å². The lowest BCUT2D eigenvalue weighted by Crippen LogP contribution is -2.45. The summed E-state index contributed by atoms with van der Waals surface area (Å²) in [6, 6.07) is 0.772. The molecule has 18 heavy (non-hydrogen) atoms. The maximum atomic E-state index is 9.25. The van der Waals surface area contributed by atoms with E-state index < -0.39 is 0 Å². The van der Waals surface area contributed by atoms with Gasteiger partial charge in [0, 0.05) is 25.7 Å². The van der Waals surface area contributed by atoms with E-state index in [-0.39, 0.29) is 0 Å². The van der Waals surface area contributed by atoms with Crippen molar-refractivity contribution in [3.63, 3.8) is 0 Å². The topological polar surface area (TPSA) is 35.5 Å². The van der Waals surface area contributed by atoms with Gasteiger partial charge in [0.1, 0.15) is 0 Å². The Kier molecular flexibility index (Phi) is 5.46. The molecule has 0 aromatic heterocycles. The van der Waals surface area contributed by atoms with Crippen LogP contribution in [0.15, 0.2) is 0 Å². The molecule has 0 radical (unpaired) electrons. The Balaban J connectivity index is 1.97. The maximum absolute atomic E-state index is 9.25. The van der Waals surface area contributed by atoms with E-state index in [0.29, 0.717) is 12.0 Å². The second-order valence-electron chi connectivity index (χ2n) is 6.37. The lowest BCUT2D eigenvalue weighted by Gasteiger charge is -2.38. The minimum Gasteiger partial charge on any atom is -0.395 e. The molecule has 2 fully saturated rings. The van der Waals surface area contributed by atoms with Crippen LogP contribution >= 0.6 is 0 Å². The standard InChI is InChI=1S/C15H30N2O/c1-16-12-15(8-4-2-3-5-9-15)13-17(10-11-18)14-6-7-14/h14,16,18H,2-13H2,1H3. The molecule has 0 heterocycles. The summed E-state index contributed by atoms with van der Waals surface area (Å²) in [6.45, 7) is 3.52. The molecule has 0 bridgehead atoms. The van der Waals surface area contributed by atoms with Crippen molar-refractivity contribution in [1.29, 1.82) is 0 Å². The first-order valence-electron chi connectivity index (χ1n) is 7.79. The molecule has 0 spiro atoms. The predicted molar refractivity (Wildman–Crippen MR) is 75.7 cm³/mol. The number of hydrogen-bond acceptors (Lipinski definition) is 3. The highest BCUT2D eigenvalue weighted by molar-refractivity contribution is 4.92. The van der Waals surface area contributed by atoms with Gasteiger partial charge in [-0.25, -0.2) is 0 Å². The highest BCUT2D eigenvalue weighted by atomic mass is 16.3. The minimum atomic E-state index is 0.312. The summed E-state index contributed by atoms with van der Waals surface area (Å²) in [7, 11) is 2.08. The van der Waals surface area contributed by atoms with Crippen LogP contribution < -0.4 is 5.32 Å². The third kappa shape index (κ3) is 3.94. The van der Waals surface area contributed by atoms with Gasteiger partial charge in [-0.05, 0) is 38.1 Å². The molecular formula is C15H30N2O. The van der Waals surface area contributed by atoms with Crippen LogP contribution in [0.25, 0.3) is 0 Å². The average Bonchev–Trinajstić information content (AvgIpc) is 3.16. The Labute approximate surface area is 112 Å². The van der Waals surface area contributed by atoms with Crippen LogP contribution in [0.5, 0.6) is 0 Å². The lowest BCUT2D eigenvalue weighted by atomic mass is 9.79. The van der Waals surface area contributed by atoms with Gasteiger partial charge in [0.05, 0.1) is 6.61 Å². The summed E-state index contributed by atoms with van der Waals surface area (Å²) in [5.41, 5.74) is 0.461. The van der Waals surface area contributed by atoms with Gasteiger partial charge in [0.25, 0.3) is 0 Å². The van der Waals surface area contributed by atoms with Gasteiger partial charge in [-0.2, -0.15) is 0 Å². The monoisotopic (exact) mass is 254 g/mol. The molecular weight excluding hydrogens is 224 g/mol. The number of nitrogens with zero attached hydrogens (tertiary/aromatic N) is 1. The van der Waals surface area contributed by atoms with E-state index in [2.05, 4.69) is 17.3 Å². The molecule has 2 aliphatic rings. The van der Waals surface area contributed by atoms with Crippen molar-refractivity contribution in [3.8, 4) is 0 Å². The summed E-state index contributed by atoms with van der Waals surface area (Å²) >= 11 is 0. The molecule has 2 aliphatic carbocycles. The fourth-order valence-electron chi connectivity index (χ4n) is 3.63. The molecule has 0 saturated heterocycles. The van der Waals surface area contributed by atoms with Crippen molar-refractivity contribution in [2.45, 2.75) is 57.4 Å². The van der Waals surface area contributed by atoms with Crippen LogP contribution in [0.2, 0.25) is 0 Å². The average molecular weight is 254 g/mol. The molecule has 0 aromatic rings. The Morgan fingerprint density at radius 3 is 2.33 bits per heavy atom. The molecule has 0 unspecified atom stereocenters. The first-order chi connectivity index (χ1) is 8.79. The van der Waals surface area contributed by atoms with Crippen molar-refractivity contribution in [3.05, 3.63) is 0 Å². The minimum absolute atomic E-state index is 0.312. The zero-order valence-corrected chi connectivity index (χ0v) is 12.0. The molecule has 2 rings (SSSR count). The summed E-state index contributed by atoms with van der Waals surface area (Å²) < 4.78 is 0. The van der Waals surface area contributed by atoms with Crippen LogP contribution in [0, 0.1) is 5.41 Å². The third-order valence-electron chi connectivity index (χ3n) is 4.70. The Morgan fingerprint density at radius 1 is 1.17 bits per heavy atom. The van der Waals surface area contributed by atoms with Crippen molar-refractivity contribution in [2.75, 3.05) is 33.3 Å². The van der Waals surface area contributed by atoms with Gasteiger partial charge in [0.15, 0.2) is 0 Å². The SMILES string of the molecule is CNCC1(CN(CCO)C2CC2)CCCCCC1. The lowest BCUT2D eigenvalue weighted by molar-refractivity contribution is 0.104. The quantitative estimate of drug-likeness (QED) is 0.682. The highest BCUT2D eigenvalue weighted by Crippen LogP contribution is 2.38. The molecule has 0 amide bonds. The predicted octanol–water partition coefficient (Wildman–Crippen LogP) is 2.00. The van der Waals surface area contributed by atoms with E-state index in [9.17, 15) is 5.11 Å². The van der Waals surface area contributed by atoms with Gasteiger partial charge in [0.2, 0.25) is 0 Å². The number of nitrogens with one attached hydrogen (secondary N) is 1. The number of hydrogen-bond donors (Lipinski definition) is 2. The van der Waals surface area contributed by atoms with Gasteiger partial charge in [-0.15, -0.1) is 0 Å². The van der Waals surface area contributed by atoms with Crippen LogP contribution in [-0.4, -0.2) is 49.3 Å². The van der Waals surface area contributed by atoms with E-state index in [0.717, 1.165) is 19.1 Å². The van der Waals surface area contributed by atoms with Crippen molar-refractivity contribution >= 4 is 0 Å². The number of rotatable bonds is 7. The fourth-order valence-corrected chi connectivity index (χ4v) is 3.63. The number of aliphatic hydroxyl groups excluding tert-OH is 1. The molecule has 3 heteroatoms. The molecule has 2 N–H and O–H groups in total. The zero-order valence-electron chi connectivity index (χ0n) is 12.0. The highest BCUT2D eigenvalue weighted by Gasteiger charge is 2.37. The second kappa shape index (κ2) is 6.88. The van der Waals surface area contributed by atoms with Crippen LogP contribution in [0.4, 0.5) is 0 Å². The summed E-state index contributed by atoms with van der Waals surface area (Å²) in [5.74, 6) is 0. The summed E-state index contributed by atoms with van der Waals surface area (Å²) in [6.07, 6.45) is 11.0. The Hall–Kier alpha value is -0.120. The molecule has 2 saturated carbocycles. The number of aliphatic hydroxyl groups is 1. The smallest absolute Gasteiger partial charge is 0.0558 e. The Morgan fingerprint density at radius 2 is 1.83 bits per heavy atom. The molecule has 106 valence electrons. The molecule has 0 aromatic carbocycles. The van der Waals surface area contributed by atoms with Crippen LogP contribution in [0.1, 0.15) is 51.4 Å². The first kappa shape index (κ1) is 14.3. The van der Waals surface area contributed by atoms with E-state index in [1.807, 2.05) is 0 Å². The van der Waals surface area contributed by atoms with Crippen molar-refractivity contribution in [1.82, 2.24) is 10.2 Å². The van der Waals surface area contributed by atoms with E-state index in [1.165, 1.54) is 57.9 Å². The first-order valence-corrected chi connectivity index (χ1v) is 7.79. The van der Waals surface area contributed by atoms with E-state index >= 15 is 0 Å². The third-order valence-corrected chi connectivity index (χ3v) is 4.70. The molecule has 3 nitrogen and oxygen atoms in total. The van der Waals surface area contributed by atoms with Gasteiger partial charge in [-0.1, -0.05) is 25.7 Å². The molecule has 0 atom stereocenters. The maximum Gasteiger partial charge on any atom is 0.0558 e. The largest absolute Gasteiger partial charge is 0.395 e. The zero-order chi connectivity index (χ0) is 12.8. The molecule has 0 aliphatic heterocycles. The van der Waals surface area contributed by atoms with Crippen LogP contribution in [0.3, 0.4) is 0 Å². The van der Waals surface area contributed by atoms with Crippen molar-refractivity contribution in [2.24, 2.45) is 5.41 Å². The summed E-state index contributed by atoms with van der Waals surface area (Å²) in [4.78, 5) is 2.56. The van der Waals surface area contributed by atoms with Crippen LogP contribution in [-0.2, 0) is 0 Å². The van der Waals surface area contributed by atoms with Crippen molar-refractivity contribution < 1.29 is 5.11 Å². The van der Waals surface area contributed by atoms with E-state index in [1.54, 1.807) is 0 Å². The van der Waals surface area contributed by atoms with Gasteiger partial charge in [-0.3, -0.25) is 4.90 Å².